The van der Waals surface area contributed by atoms with Gasteiger partial charge in [0.1, 0.15) is 0 Å². The summed E-state index contributed by atoms with van der Waals surface area (Å²) in [5, 5.41) is 0. The average Bonchev–Trinajstić information content (AvgIpc) is 2.58. The summed E-state index contributed by atoms with van der Waals surface area (Å²) in [6.07, 6.45) is 1.24. The summed E-state index contributed by atoms with van der Waals surface area (Å²) in [6.45, 7) is 4.53. The zero-order valence-electron chi connectivity index (χ0n) is 13.9. The third-order valence-electron chi connectivity index (χ3n) is 4.36. The average molecular weight is 345 g/mol. The van der Waals surface area contributed by atoms with Crippen LogP contribution in [0, 0.1) is 6.92 Å². The molecule has 0 atom stereocenters. The lowest BCUT2D eigenvalue weighted by Gasteiger charge is -2.31. The number of benzene rings is 2. The summed E-state index contributed by atoms with van der Waals surface area (Å²) in [5.74, 6) is 0. The van der Waals surface area contributed by atoms with Gasteiger partial charge >= 0.3 is 0 Å². The smallest absolute Gasteiger partial charge is 0.297 e. The maximum atomic E-state index is 12.3. The molecule has 2 aromatic carbocycles. The van der Waals surface area contributed by atoms with Gasteiger partial charge in [0, 0.05) is 19.6 Å². The van der Waals surface area contributed by atoms with Crippen LogP contribution in [0.3, 0.4) is 0 Å². The molecule has 3 rings (SSSR count). The van der Waals surface area contributed by atoms with Crippen LogP contribution in [-0.2, 0) is 20.8 Å². The molecule has 0 bridgehead atoms. The first-order chi connectivity index (χ1) is 11.5. The molecule has 1 aliphatic rings. The summed E-state index contributed by atoms with van der Waals surface area (Å²) in [7, 11) is -3.67. The number of hydrogen-bond donors (Lipinski definition) is 0. The Morgan fingerprint density at radius 2 is 1.62 bits per heavy atom. The lowest BCUT2D eigenvalue weighted by Crippen LogP contribution is -2.37. The van der Waals surface area contributed by atoms with Gasteiger partial charge in [-0.1, -0.05) is 48.0 Å². The molecule has 0 radical (unpaired) electrons. The lowest BCUT2D eigenvalue weighted by atomic mass is 10.1. The van der Waals surface area contributed by atoms with Crippen molar-refractivity contribution in [3.05, 3.63) is 65.7 Å². The molecule has 1 saturated heterocycles. The van der Waals surface area contributed by atoms with Crippen LogP contribution >= 0.6 is 0 Å². The van der Waals surface area contributed by atoms with Crippen molar-refractivity contribution in [3.63, 3.8) is 0 Å². The molecule has 0 aromatic heterocycles. The molecule has 1 aliphatic heterocycles. The zero-order chi connectivity index (χ0) is 17.0. The van der Waals surface area contributed by atoms with E-state index in [2.05, 4.69) is 17.0 Å². The Hall–Kier alpha value is -1.69. The Morgan fingerprint density at radius 3 is 2.25 bits per heavy atom. The van der Waals surface area contributed by atoms with Gasteiger partial charge < -0.3 is 0 Å². The molecule has 0 N–H and O–H groups in total. The number of rotatable bonds is 5. The molecule has 0 spiro atoms. The van der Waals surface area contributed by atoms with E-state index in [1.807, 2.05) is 25.1 Å². The number of likely N-dealkylation sites (tertiary alicyclic amines) is 1. The number of nitrogens with zero attached hydrogens (tertiary/aromatic N) is 1. The molecule has 5 heteroatoms. The highest BCUT2D eigenvalue weighted by Gasteiger charge is 2.26. The SMILES string of the molecule is Cc1ccc(S(=O)(=O)OC2CCN(Cc3ccccc3)CC2)cc1. The van der Waals surface area contributed by atoms with Crippen LogP contribution in [-0.4, -0.2) is 32.5 Å². The van der Waals surface area contributed by atoms with E-state index >= 15 is 0 Å². The molecule has 0 aliphatic carbocycles. The molecular weight excluding hydrogens is 322 g/mol. The maximum Gasteiger partial charge on any atom is 0.297 e. The molecule has 1 fully saturated rings. The van der Waals surface area contributed by atoms with E-state index in [0.717, 1.165) is 38.0 Å². The van der Waals surface area contributed by atoms with Crippen molar-refractivity contribution in [2.45, 2.75) is 37.3 Å². The van der Waals surface area contributed by atoms with Crippen LogP contribution < -0.4 is 0 Å². The quantitative estimate of drug-likeness (QED) is 0.780. The largest absolute Gasteiger partial charge is 0.299 e. The van der Waals surface area contributed by atoms with Gasteiger partial charge in [-0.25, -0.2) is 0 Å². The first-order valence-corrected chi connectivity index (χ1v) is 9.70. The highest BCUT2D eigenvalue weighted by atomic mass is 32.2. The van der Waals surface area contributed by atoms with E-state index in [9.17, 15) is 8.42 Å². The van der Waals surface area contributed by atoms with Crippen molar-refractivity contribution in [1.82, 2.24) is 4.90 Å². The molecule has 0 amide bonds. The molecule has 2 aromatic rings. The van der Waals surface area contributed by atoms with Gasteiger partial charge in [-0.2, -0.15) is 8.42 Å². The fourth-order valence-corrected chi connectivity index (χ4v) is 4.08. The monoisotopic (exact) mass is 345 g/mol. The van der Waals surface area contributed by atoms with Crippen LogP contribution in [0.25, 0.3) is 0 Å². The van der Waals surface area contributed by atoms with Crippen LogP contribution in [0.4, 0.5) is 0 Å². The van der Waals surface area contributed by atoms with Gasteiger partial charge in [-0.05, 0) is 37.5 Å². The van der Waals surface area contributed by atoms with E-state index in [1.165, 1.54) is 5.56 Å². The van der Waals surface area contributed by atoms with E-state index in [4.69, 9.17) is 4.18 Å². The van der Waals surface area contributed by atoms with Crippen LogP contribution in [0.5, 0.6) is 0 Å². The summed E-state index contributed by atoms with van der Waals surface area (Å²) < 4.78 is 30.1. The normalized spacial score (nSPS) is 17.0. The first kappa shape index (κ1) is 17.1. The molecule has 4 nitrogen and oxygen atoms in total. The molecule has 0 saturated carbocycles. The number of aryl methyl sites for hydroxylation is 1. The minimum absolute atomic E-state index is 0.233. The van der Waals surface area contributed by atoms with Crippen molar-refractivity contribution in [2.24, 2.45) is 0 Å². The van der Waals surface area contributed by atoms with Crippen LogP contribution in [0.15, 0.2) is 59.5 Å². The highest BCUT2D eigenvalue weighted by molar-refractivity contribution is 7.86. The summed E-state index contributed by atoms with van der Waals surface area (Å²) in [6, 6.07) is 17.1. The Kier molecular flexibility index (Phi) is 5.33. The minimum Gasteiger partial charge on any atom is -0.299 e. The van der Waals surface area contributed by atoms with E-state index in [-0.39, 0.29) is 11.0 Å². The molecule has 0 unspecified atom stereocenters. The third-order valence-corrected chi connectivity index (χ3v) is 5.73. The van der Waals surface area contributed by atoms with Gasteiger partial charge in [-0.3, -0.25) is 9.08 Å². The van der Waals surface area contributed by atoms with Gasteiger partial charge in [0.05, 0.1) is 11.0 Å². The third kappa shape index (κ3) is 4.44. The van der Waals surface area contributed by atoms with Crippen molar-refractivity contribution in [3.8, 4) is 0 Å². The molecule has 24 heavy (non-hydrogen) atoms. The second kappa shape index (κ2) is 7.47. The van der Waals surface area contributed by atoms with E-state index in [1.54, 1.807) is 24.3 Å². The van der Waals surface area contributed by atoms with Gasteiger partial charge in [0.25, 0.3) is 10.1 Å². The van der Waals surface area contributed by atoms with Gasteiger partial charge in [0.15, 0.2) is 0 Å². The summed E-state index contributed by atoms with van der Waals surface area (Å²) in [4.78, 5) is 2.58. The molecule has 1 heterocycles. The molecular formula is C19H23NO3S. The number of hydrogen-bond acceptors (Lipinski definition) is 4. The summed E-state index contributed by atoms with van der Waals surface area (Å²) >= 11 is 0. The van der Waals surface area contributed by atoms with Crippen LogP contribution in [0.2, 0.25) is 0 Å². The van der Waals surface area contributed by atoms with Crippen molar-refractivity contribution >= 4 is 10.1 Å². The number of piperidine rings is 1. The first-order valence-electron chi connectivity index (χ1n) is 8.29. The summed E-state index contributed by atoms with van der Waals surface area (Å²) in [5.41, 5.74) is 2.31. The predicted octanol–water partition coefficient (Wildman–Crippen LogP) is 3.36. The zero-order valence-corrected chi connectivity index (χ0v) is 14.7. The predicted molar refractivity (Wildman–Crippen MR) is 94.2 cm³/mol. The van der Waals surface area contributed by atoms with Crippen molar-refractivity contribution < 1.29 is 12.6 Å². The van der Waals surface area contributed by atoms with Crippen molar-refractivity contribution in [1.29, 1.82) is 0 Å². The van der Waals surface area contributed by atoms with Gasteiger partial charge in [0.2, 0.25) is 0 Å². The Balaban J connectivity index is 1.54. The fraction of sp³-hybridized carbons (Fsp3) is 0.368. The van der Waals surface area contributed by atoms with Crippen molar-refractivity contribution in [2.75, 3.05) is 13.1 Å². The Bertz CT molecular complexity index is 749. The Labute approximate surface area is 144 Å². The lowest BCUT2D eigenvalue weighted by molar-refractivity contribution is 0.102. The van der Waals surface area contributed by atoms with Crippen LogP contribution in [0.1, 0.15) is 24.0 Å². The topological polar surface area (TPSA) is 46.6 Å². The second-order valence-electron chi connectivity index (χ2n) is 6.32. The fourth-order valence-electron chi connectivity index (χ4n) is 2.94. The molecule has 128 valence electrons. The van der Waals surface area contributed by atoms with Gasteiger partial charge in [-0.15, -0.1) is 0 Å². The maximum absolute atomic E-state index is 12.3. The second-order valence-corrected chi connectivity index (χ2v) is 7.90. The van der Waals surface area contributed by atoms with E-state index in [0.29, 0.717) is 0 Å². The minimum atomic E-state index is -3.67. The standard InChI is InChI=1S/C19H23NO3S/c1-16-7-9-19(10-8-16)24(21,22)23-18-11-13-20(14-12-18)15-17-5-3-2-4-6-17/h2-10,18H,11-15H2,1H3. The van der Waals surface area contributed by atoms with E-state index < -0.39 is 10.1 Å². The Morgan fingerprint density at radius 1 is 1.00 bits per heavy atom. The highest BCUT2D eigenvalue weighted by Crippen LogP contribution is 2.21.